The van der Waals surface area contributed by atoms with Crippen molar-refractivity contribution in [3.05, 3.63) is 34.4 Å². The van der Waals surface area contributed by atoms with Gasteiger partial charge in [-0.1, -0.05) is 12.1 Å². The summed E-state index contributed by atoms with van der Waals surface area (Å²) in [6.07, 6.45) is 0. The van der Waals surface area contributed by atoms with Gasteiger partial charge in [0.05, 0.1) is 24.6 Å². The molecule has 0 radical (unpaired) electrons. The van der Waals surface area contributed by atoms with Crippen molar-refractivity contribution in [2.75, 3.05) is 51.1 Å². The van der Waals surface area contributed by atoms with Crippen LogP contribution in [0.1, 0.15) is 0 Å². The number of hydrogen-bond donors (Lipinski definition) is 1. The first-order chi connectivity index (χ1) is 10.1. The number of benzene rings is 1. The van der Waals surface area contributed by atoms with Gasteiger partial charge in [-0.3, -0.25) is 19.8 Å². The molecule has 3 saturated heterocycles. The maximum atomic E-state index is 12.3. The molecule has 0 spiro atoms. The Bertz CT molecular complexity index is 553. The Morgan fingerprint density at radius 3 is 2.48 bits per heavy atom. The Kier molecular flexibility index (Phi) is 3.60. The largest absolute Gasteiger partial charge is 0.315 e. The van der Waals surface area contributed by atoms with Gasteiger partial charge in [0.15, 0.2) is 6.54 Å². The number of nitrogens with one attached hydrogen (secondary N) is 1. The van der Waals surface area contributed by atoms with Crippen LogP contribution in [0, 0.1) is 10.1 Å². The van der Waals surface area contributed by atoms with Gasteiger partial charge in [-0.05, 0) is 6.07 Å². The highest BCUT2D eigenvalue weighted by atomic mass is 16.6. The van der Waals surface area contributed by atoms with Crippen LogP contribution in [0.15, 0.2) is 24.3 Å². The number of rotatable bonds is 4. The first-order valence-corrected chi connectivity index (χ1v) is 7.19. The van der Waals surface area contributed by atoms with Crippen LogP contribution in [0.3, 0.4) is 0 Å². The molecule has 7 heteroatoms. The number of hydrogen-bond acceptors (Lipinski definition) is 4. The highest BCUT2D eigenvalue weighted by Gasteiger charge is 2.39. The van der Waals surface area contributed by atoms with Gasteiger partial charge in [-0.15, -0.1) is 0 Å². The minimum Gasteiger partial charge on any atom is -0.315 e. The van der Waals surface area contributed by atoms with Crippen molar-refractivity contribution >= 4 is 17.3 Å². The number of para-hydroxylation sites is 2. The first-order valence-electron chi connectivity index (χ1n) is 7.19. The van der Waals surface area contributed by atoms with Crippen molar-refractivity contribution in [3.63, 3.8) is 0 Å². The summed E-state index contributed by atoms with van der Waals surface area (Å²) in [5.74, 6) is -0.139. The van der Waals surface area contributed by atoms with Crippen LogP contribution in [0.2, 0.25) is 0 Å². The molecule has 112 valence electrons. The second-order valence-electron chi connectivity index (χ2n) is 5.83. The van der Waals surface area contributed by atoms with E-state index in [2.05, 4.69) is 10.2 Å². The predicted octanol–water partition coefficient (Wildman–Crippen LogP) is 0.679. The minimum absolute atomic E-state index is 0.0608. The van der Waals surface area contributed by atoms with Gasteiger partial charge in [0.1, 0.15) is 5.69 Å². The molecule has 0 aliphatic carbocycles. The Labute approximate surface area is 122 Å². The molecule has 0 saturated carbocycles. The second kappa shape index (κ2) is 5.42. The highest BCUT2D eigenvalue weighted by molar-refractivity contribution is 5.93. The van der Waals surface area contributed by atoms with Crippen LogP contribution >= 0.6 is 0 Å². The summed E-state index contributed by atoms with van der Waals surface area (Å²) in [5.41, 5.74) is 0.218. The molecular weight excluding hydrogens is 272 g/mol. The van der Waals surface area contributed by atoms with Gasteiger partial charge in [0.25, 0.3) is 11.6 Å². The molecule has 0 unspecified atom stereocenters. The van der Waals surface area contributed by atoms with Crippen LogP contribution in [0.4, 0.5) is 11.4 Å². The number of amides is 1. The molecule has 0 atom stereocenters. The number of quaternary nitrogens is 1. The van der Waals surface area contributed by atoms with Crippen LogP contribution in [0.5, 0.6) is 0 Å². The van der Waals surface area contributed by atoms with Crippen molar-refractivity contribution in [2.45, 2.75) is 0 Å². The fourth-order valence-electron chi connectivity index (χ4n) is 3.20. The quantitative estimate of drug-likeness (QED) is 0.503. The third-order valence-corrected chi connectivity index (χ3v) is 4.53. The number of nitro benzene ring substituents is 1. The average Bonchev–Trinajstić information content (AvgIpc) is 2.48. The van der Waals surface area contributed by atoms with E-state index in [9.17, 15) is 14.9 Å². The molecule has 1 N–H and O–H groups in total. The van der Waals surface area contributed by atoms with E-state index in [-0.39, 0.29) is 17.3 Å². The molecule has 4 rings (SSSR count). The monoisotopic (exact) mass is 291 g/mol. The van der Waals surface area contributed by atoms with Crippen molar-refractivity contribution in [1.82, 2.24) is 4.90 Å². The average molecular weight is 291 g/mol. The Hall–Kier alpha value is -1.99. The van der Waals surface area contributed by atoms with Crippen molar-refractivity contribution in [2.24, 2.45) is 0 Å². The van der Waals surface area contributed by atoms with E-state index in [1.165, 1.54) is 6.07 Å². The fraction of sp³-hybridized carbons (Fsp3) is 0.500. The molecule has 1 aromatic rings. The van der Waals surface area contributed by atoms with Gasteiger partial charge in [0, 0.05) is 25.7 Å². The first kappa shape index (κ1) is 14.0. The van der Waals surface area contributed by atoms with E-state index in [0.29, 0.717) is 6.54 Å². The molecule has 3 heterocycles. The standard InChI is InChI=1S/C14H18N4O3/c19-14(11-18-8-5-16(6-9-18)7-10-18)15-12-3-1-2-4-13(12)17(20)21/h1-4H,5-11H2/p+1. The summed E-state index contributed by atoms with van der Waals surface area (Å²) in [5, 5.41) is 13.7. The molecule has 3 aliphatic heterocycles. The Morgan fingerprint density at radius 1 is 1.24 bits per heavy atom. The predicted molar refractivity (Wildman–Crippen MR) is 77.9 cm³/mol. The molecule has 3 aliphatic rings. The van der Waals surface area contributed by atoms with Gasteiger partial charge in [-0.2, -0.15) is 0 Å². The molecule has 0 aromatic heterocycles. The maximum absolute atomic E-state index is 12.3. The number of anilines is 1. The molecule has 1 amide bonds. The van der Waals surface area contributed by atoms with E-state index in [1.807, 2.05) is 0 Å². The van der Waals surface area contributed by atoms with E-state index >= 15 is 0 Å². The lowest BCUT2D eigenvalue weighted by atomic mass is 10.1. The van der Waals surface area contributed by atoms with Crippen molar-refractivity contribution in [1.29, 1.82) is 0 Å². The molecule has 21 heavy (non-hydrogen) atoms. The van der Waals surface area contributed by atoms with Gasteiger partial charge < -0.3 is 9.80 Å². The summed E-state index contributed by atoms with van der Waals surface area (Å²) in [6.45, 7) is 6.50. The van der Waals surface area contributed by atoms with E-state index in [4.69, 9.17) is 0 Å². The van der Waals surface area contributed by atoms with Crippen LogP contribution in [-0.2, 0) is 4.79 Å². The van der Waals surface area contributed by atoms with Gasteiger partial charge in [0.2, 0.25) is 0 Å². The maximum Gasteiger partial charge on any atom is 0.292 e. The summed E-state index contributed by atoms with van der Waals surface area (Å²) < 4.78 is 0.808. The number of carbonyl (C=O) groups excluding carboxylic acids is 1. The molecular formula is C14H19N4O3+. The van der Waals surface area contributed by atoms with E-state index in [0.717, 1.165) is 43.8 Å². The summed E-state index contributed by atoms with van der Waals surface area (Å²) in [7, 11) is 0. The van der Waals surface area contributed by atoms with E-state index in [1.54, 1.807) is 18.2 Å². The zero-order valence-electron chi connectivity index (χ0n) is 11.8. The van der Waals surface area contributed by atoms with Crippen LogP contribution in [-0.4, -0.2) is 66.0 Å². The minimum atomic E-state index is -0.470. The molecule has 7 nitrogen and oxygen atoms in total. The highest BCUT2D eigenvalue weighted by Crippen LogP contribution is 2.24. The Morgan fingerprint density at radius 2 is 1.86 bits per heavy atom. The van der Waals surface area contributed by atoms with Crippen molar-refractivity contribution in [3.8, 4) is 0 Å². The second-order valence-corrected chi connectivity index (χ2v) is 5.83. The lowest BCUT2D eigenvalue weighted by molar-refractivity contribution is -0.933. The van der Waals surface area contributed by atoms with Gasteiger partial charge >= 0.3 is 0 Å². The lowest BCUT2D eigenvalue weighted by Gasteiger charge is -2.50. The number of carbonyl (C=O) groups is 1. The number of nitro groups is 1. The van der Waals surface area contributed by atoms with Gasteiger partial charge in [-0.25, -0.2) is 0 Å². The SMILES string of the molecule is O=C(C[N+]12CCN(CC1)CC2)Nc1ccccc1[N+](=O)[O-]. The summed E-state index contributed by atoms with van der Waals surface area (Å²) in [4.78, 5) is 25.2. The van der Waals surface area contributed by atoms with Crippen LogP contribution in [0.25, 0.3) is 0 Å². The number of piperazine rings is 3. The molecule has 1 aromatic carbocycles. The lowest BCUT2D eigenvalue weighted by Crippen LogP contribution is -2.68. The number of fused-ring (bicyclic) bond motifs is 3. The number of nitrogens with zero attached hydrogens (tertiary/aromatic N) is 3. The smallest absolute Gasteiger partial charge is 0.292 e. The summed E-state index contributed by atoms with van der Waals surface area (Å²) >= 11 is 0. The molecule has 2 bridgehead atoms. The third kappa shape index (κ3) is 2.88. The normalized spacial score (nSPS) is 27.3. The van der Waals surface area contributed by atoms with E-state index < -0.39 is 4.92 Å². The van der Waals surface area contributed by atoms with Crippen molar-refractivity contribution < 1.29 is 14.2 Å². The van der Waals surface area contributed by atoms with Crippen LogP contribution < -0.4 is 5.32 Å². The zero-order chi connectivity index (χ0) is 14.9. The summed E-state index contributed by atoms with van der Waals surface area (Å²) in [6, 6.07) is 6.26. The Balaban J connectivity index is 1.68. The topological polar surface area (TPSA) is 75.5 Å². The fourth-order valence-corrected chi connectivity index (χ4v) is 3.20. The third-order valence-electron chi connectivity index (χ3n) is 4.53. The molecule has 3 fully saturated rings. The zero-order valence-corrected chi connectivity index (χ0v) is 11.8.